The van der Waals surface area contributed by atoms with E-state index < -0.39 is 0 Å². The summed E-state index contributed by atoms with van der Waals surface area (Å²) in [6.45, 7) is 2.03. The van der Waals surface area contributed by atoms with Crippen LogP contribution < -0.4 is 10.6 Å². The number of rotatable bonds is 8. The first kappa shape index (κ1) is 19.3. The lowest BCUT2D eigenvalue weighted by atomic mass is 10.1. The van der Waals surface area contributed by atoms with Crippen molar-refractivity contribution in [1.29, 1.82) is 0 Å². The number of nitrogens with zero attached hydrogens (tertiary/aromatic N) is 2. The molecule has 140 valence electrons. The molecule has 0 aliphatic rings. The van der Waals surface area contributed by atoms with Gasteiger partial charge in [-0.1, -0.05) is 41.9 Å². The van der Waals surface area contributed by atoms with Gasteiger partial charge in [-0.3, -0.25) is 4.79 Å². The van der Waals surface area contributed by atoms with E-state index in [2.05, 4.69) is 32.7 Å². The first-order valence-electron chi connectivity index (χ1n) is 8.75. The average Bonchev–Trinajstić information content (AvgIpc) is 3.09. The Balaban J connectivity index is 1.45. The van der Waals surface area contributed by atoms with Crippen molar-refractivity contribution in [3.8, 4) is 0 Å². The maximum atomic E-state index is 12.2. The third kappa shape index (κ3) is 6.34. The molecule has 1 amide bonds. The number of halogens is 1. The second-order valence-electron chi connectivity index (χ2n) is 6.30. The number of aryl methyl sites for hydroxylation is 1. The highest BCUT2D eigenvalue weighted by molar-refractivity contribution is 7.13. The topological polar surface area (TPSA) is 66.9 Å². The molecular formula is C20H21ClN4OS. The van der Waals surface area contributed by atoms with Crippen LogP contribution in [0.5, 0.6) is 0 Å². The van der Waals surface area contributed by atoms with Crippen LogP contribution in [0.15, 0.2) is 54.0 Å². The van der Waals surface area contributed by atoms with Crippen molar-refractivity contribution in [1.82, 2.24) is 15.3 Å². The van der Waals surface area contributed by atoms with Gasteiger partial charge in [0.1, 0.15) is 5.82 Å². The molecule has 0 aliphatic carbocycles. The number of aromatic nitrogens is 2. The molecule has 1 unspecified atom stereocenters. The third-order valence-electron chi connectivity index (χ3n) is 3.97. The van der Waals surface area contributed by atoms with E-state index in [9.17, 15) is 4.79 Å². The molecule has 3 aromatic rings. The van der Waals surface area contributed by atoms with Crippen LogP contribution in [0.2, 0.25) is 5.02 Å². The summed E-state index contributed by atoms with van der Waals surface area (Å²) in [5.41, 5.74) is 2.02. The first-order valence-corrected chi connectivity index (χ1v) is 10.0. The van der Waals surface area contributed by atoms with Crippen molar-refractivity contribution in [2.75, 3.05) is 5.32 Å². The number of amides is 1. The van der Waals surface area contributed by atoms with Crippen molar-refractivity contribution < 1.29 is 4.79 Å². The summed E-state index contributed by atoms with van der Waals surface area (Å²) in [7, 11) is 0. The normalized spacial score (nSPS) is 11.8. The summed E-state index contributed by atoms with van der Waals surface area (Å²) in [6, 6.07) is 13.9. The van der Waals surface area contributed by atoms with Gasteiger partial charge in [0.05, 0.1) is 17.1 Å². The van der Waals surface area contributed by atoms with Crippen molar-refractivity contribution >= 4 is 39.8 Å². The number of carbonyl (C=O) groups is 1. The Morgan fingerprint density at radius 2 is 2.04 bits per heavy atom. The van der Waals surface area contributed by atoms with Crippen LogP contribution >= 0.6 is 22.9 Å². The number of pyridine rings is 1. The average molecular weight is 401 g/mol. The predicted octanol–water partition coefficient (Wildman–Crippen LogP) is 4.62. The Labute approximate surface area is 167 Å². The van der Waals surface area contributed by atoms with Gasteiger partial charge in [0.25, 0.3) is 0 Å². The summed E-state index contributed by atoms with van der Waals surface area (Å²) in [5, 5.41) is 9.31. The zero-order valence-electron chi connectivity index (χ0n) is 15.0. The molecule has 7 heteroatoms. The van der Waals surface area contributed by atoms with Gasteiger partial charge in [-0.05, 0) is 37.5 Å². The molecule has 2 N–H and O–H groups in total. The summed E-state index contributed by atoms with van der Waals surface area (Å²) < 4.78 is 0. The lowest BCUT2D eigenvalue weighted by Crippen LogP contribution is -2.34. The molecule has 27 heavy (non-hydrogen) atoms. The SMILES string of the molecule is CC(CCc1ccccc1)NC(=O)Cc1csc(Nc2ccc(Cl)cn2)n1. The van der Waals surface area contributed by atoms with Crippen LogP contribution in [-0.4, -0.2) is 21.9 Å². The molecule has 0 saturated carbocycles. The fourth-order valence-corrected chi connectivity index (χ4v) is 3.42. The zero-order chi connectivity index (χ0) is 19.1. The molecule has 0 spiro atoms. The lowest BCUT2D eigenvalue weighted by Gasteiger charge is -2.13. The molecule has 2 heterocycles. The lowest BCUT2D eigenvalue weighted by molar-refractivity contribution is -0.121. The summed E-state index contributed by atoms with van der Waals surface area (Å²) in [4.78, 5) is 20.9. The second kappa shape index (κ2) is 9.48. The van der Waals surface area contributed by atoms with Gasteiger partial charge < -0.3 is 10.6 Å². The number of thiazole rings is 1. The van der Waals surface area contributed by atoms with E-state index in [0.717, 1.165) is 18.5 Å². The zero-order valence-corrected chi connectivity index (χ0v) is 16.6. The third-order valence-corrected chi connectivity index (χ3v) is 5.00. The van der Waals surface area contributed by atoms with E-state index in [1.54, 1.807) is 18.3 Å². The van der Waals surface area contributed by atoms with Crippen molar-refractivity contribution in [2.24, 2.45) is 0 Å². The fourth-order valence-electron chi connectivity index (χ4n) is 2.60. The van der Waals surface area contributed by atoms with Crippen LogP contribution in [0, 0.1) is 0 Å². The molecule has 1 aromatic carbocycles. The molecule has 3 rings (SSSR count). The molecule has 0 bridgehead atoms. The van der Waals surface area contributed by atoms with E-state index in [4.69, 9.17) is 11.6 Å². The van der Waals surface area contributed by atoms with Gasteiger partial charge >= 0.3 is 0 Å². The van der Waals surface area contributed by atoms with E-state index in [0.29, 0.717) is 16.0 Å². The van der Waals surface area contributed by atoms with Gasteiger partial charge in [-0.25, -0.2) is 9.97 Å². The van der Waals surface area contributed by atoms with Gasteiger partial charge in [0.2, 0.25) is 5.91 Å². The second-order valence-corrected chi connectivity index (χ2v) is 7.59. The Morgan fingerprint density at radius 3 is 2.78 bits per heavy atom. The highest BCUT2D eigenvalue weighted by atomic mass is 35.5. The number of carbonyl (C=O) groups excluding carboxylic acids is 1. The van der Waals surface area contributed by atoms with Crippen molar-refractivity contribution in [2.45, 2.75) is 32.2 Å². The van der Waals surface area contributed by atoms with Crippen LogP contribution in [-0.2, 0) is 17.6 Å². The fraction of sp³-hybridized carbons (Fsp3) is 0.250. The number of hydrogen-bond donors (Lipinski definition) is 2. The first-order chi connectivity index (χ1) is 13.1. The minimum absolute atomic E-state index is 0.0166. The Bertz CT molecular complexity index is 867. The maximum absolute atomic E-state index is 12.2. The molecule has 5 nitrogen and oxygen atoms in total. The summed E-state index contributed by atoms with van der Waals surface area (Å²) in [6.07, 6.45) is 3.69. The van der Waals surface area contributed by atoms with Crippen LogP contribution in [0.25, 0.3) is 0 Å². The molecule has 1 atom stereocenters. The Kier molecular flexibility index (Phi) is 6.79. The minimum atomic E-state index is -0.0166. The summed E-state index contributed by atoms with van der Waals surface area (Å²) >= 11 is 7.27. The van der Waals surface area contributed by atoms with Gasteiger partial charge in [0.15, 0.2) is 5.13 Å². The van der Waals surface area contributed by atoms with Crippen molar-refractivity contribution in [3.63, 3.8) is 0 Å². The van der Waals surface area contributed by atoms with E-state index in [1.165, 1.54) is 16.9 Å². The largest absolute Gasteiger partial charge is 0.353 e. The predicted molar refractivity (Wildman–Crippen MR) is 111 cm³/mol. The van der Waals surface area contributed by atoms with E-state index in [-0.39, 0.29) is 18.4 Å². The number of nitrogens with one attached hydrogen (secondary N) is 2. The molecule has 0 radical (unpaired) electrons. The molecule has 0 saturated heterocycles. The van der Waals surface area contributed by atoms with Gasteiger partial charge in [0, 0.05) is 17.6 Å². The van der Waals surface area contributed by atoms with E-state index in [1.807, 2.05) is 30.5 Å². The summed E-state index contributed by atoms with van der Waals surface area (Å²) in [5.74, 6) is 0.649. The molecule has 0 fully saturated rings. The van der Waals surface area contributed by atoms with Crippen LogP contribution in [0.4, 0.5) is 10.9 Å². The number of hydrogen-bond acceptors (Lipinski definition) is 5. The Morgan fingerprint density at radius 1 is 1.22 bits per heavy atom. The van der Waals surface area contributed by atoms with Crippen LogP contribution in [0.1, 0.15) is 24.6 Å². The van der Waals surface area contributed by atoms with Crippen molar-refractivity contribution in [3.05, 3.63) is 70.3 Å². The van der Waals surface area contributed by atoms with Crippen LogP contribution in [0.3, 0.4) is 0 Å². The van der Waals surface area contributed by atoms with E-state index >= 15 is 0 Å². The standard InChI is InChI=1S/C20H21ClN4OS/c1-14(7-8-15-5-3-2-4-6-15)23-19(26)11-17-13-27-20(24-17)25-18-10-9-16(21)12-22-18/h2-6,9-10,12-14H,7-8,11H2,1H3,(H,23,26)(H,22,24,25). The highest BCUT2D eigenvalue weighted by Crippen LogP contribution is 2.20. The maximum Gasteiger partial charge on any atom is 0.226 e. The quantitative estimate of drug-likeness (QED) is 0.579. The number of benzene rings is 1. The Hall–Kier alpha value is -2.44. The minimum Gasteiger partial charge on any atom is -0.353 e. The number of anilines is 2. The van der Waals surface area contributed by atoms with Gasteiger partial charge in [-0.15, -0.1) is 11.3 Å². The molecule has 0 aliphatic heterocycles. The monoisotopic (exact) mass is 400 g/mol. The molecular weight excluding hydrogens is 380 g/mol. The smallest absolute Gasteiger partial charge is 0.226 e. The van der Waals surface area contributed by atoms with Gasteiger partial charge in [-0.2, -0.15) is 0 Å². The highest BCUT2D eigenvalue weighted by Gasteiger charge is 2.11. The molecule has 2 aromatic heterocycles.